The standard InChI is InChI=1S/C19H26N6O2/c1-11(2)25-8-6-13(7-9-25)27-19-16-12(3)23-24-18(16)21-17(22-19)15-5-4-14(10-20)26-15/h4-5,11,13H,6-10,20H2,1-3H3,(H,21,22,23,24). The Morgan fingerprint density at radius 1 is 1.30 bits per heavy atom. The van der Waals surface area contributed by atoms with Crippen molar-refractivity contribution in [2.45, 2.75) is 52.3 Å². The molecule has 4 heterocycles. The van der Waals surface area contributed by atoms with E-state index in [9.17, 15) is 0 Å². The van der Waals surface area contributed by atoms with Gasteiger partial charge in [-0.25, -0.2) is 4.98 Å². The molecule has 1 fully saturated rings. The summed E-state index contributed by atoms with van der Waals surface area (Å²) in [5.41, 5.74) is 7.12. The van der Waals surface area contributed by atoms with Gasteiger partial charge in [-0.15, -0.1) is 0 Å². The number of aromatic nitrogens is 4. The highest BCUT2D eigenvalue weighted by Gasteiger charge is 2.25. The lowest BCUT2D eigenvalue weighted by Gasteiger charge is -2.34. The van der Waals surface area contributed by atoms with E-state index in [0.717, 1.165) is 37.0 Å². The van der Waals surface area contributed by atoms with E-state index < -0.39 is 0 Å². The third-order valence-corrected chi connectivity index (χ3v) is 5.13. The van der Waals surface area contributed by atoms with Crippen LogP contribution in [-0.4, -0.2) is 50.3 Å². The molecular formula is C19H26N6O2. The first kappa shape index (κ1) is 17.9. The number of aromatic amines is 1. The molecule has 8 heteroatoms. The molecule has 1 aliphatic heterocycles. The van der Waals surface area contributed by atoms with Crippen LogP contribution in [0.25, 0.3) is 22.6 Å². The van der Waals surface area contributed by atoms with Gasteiger partial charge in [0.25, 0.3) is 0 Å². The third-order valence-electron chi connectivity index (χ3n) is 5.13. The highest BCUT2D eigenvalue weighted by atomic mass is 16.5. The Labute approximate surface area is 158 Å². The van der Waals surface area contributed by atoms with E-state index >= 15 is 0 Å². The molecule has 0 aromatic carbocycles. The minimum atomic E-state index is 0.136. The lowest BCUT2D eigenvalue weighted by molar-refractivity contribution is 0.0823. The fourth-order valence-corrected chi connectivity index (χ4v) is 3.50. The quantitative estimate of drug-likeness (QED) is 0.711. The van der Waals surface area contributed by atoms with Gasteiger partial charge in [-0.2, -0.15) is 10.1 Å². The van der Waals surface area contributed by atoms with E-state index in [2.05, 4.69) is 38.9 Å². The Balaban J connectivity index is 1.63. The van der Waals surface area contributed by atoms with Crippen molar-refractivity contribution >= 4 is 11.0 Å². The number of nitrogens with two attached hydrogens (primary N) is 1. The predicted molar refractivity (Wildman–Crippen MR) is 102 cm³/mol. The van der Waals surface area contributed by atoms with Crippen molar-refractivity contribution < 1.29 is 9.15 Å². The highest BCUT2D eigenvalue weighted by Crippen LogP contribution is 2.30. The van der Waals surface area contributed by atoms with E-state index in [0.29, 0.717) is 41.5 Å². The molecule has 0 saturated carbocycles. The number of hydrogen-bond acceptors (Lipinski definition) is 7. The summed E-state index contributed by atoms with van der Waals surface area (Å²) in [6, 6.07) is 4.23. The molecule has 144 valence electrons. The van der Waals surface area contributed by atoms with Gasteiger partial charge >= 0.3 is 0 Å². The first-order chi connectivity index (χ1) is 13.0. The van der Waals surface area contributed by atoms with Crippen LogP contribution < -0.4 is 10.5 Å². The Kier molecular flexibility index (Phi) is 4.84. The fraction of sp³-hybridized carbons (Fsp3) is 0.526. The molecule has 0 unspecified atom stereocenters. The maximum absolute atomic E-state index is 6.33. The number of likely N-dealkylation sites (tertiary alicyclic amines) is 1. The molecule has 0 radical (unpaired) electrons. The maximum atomic E-state index is 6.33. The molecule has 3 aromatic rings. The minimum Gasteiger partial charge on any atom is -0.474 e. The number of nitrogens with one attached hydrogen (secondary N) is 1. The van der Waals surface area contributed by atoms with Crippen molar-refractivity contribution in [2.75, 3.05) is 13.1 Å². The van der Waals surface area contributed by atoms with Crippen LogP contribution in [0, 0.1) is 6.92 Å². The van der Waals surface area contributed by atoms with Crippen LogP contribution >= 0.6 is 0 Å². The molecule has 0 aliphatic carbocycles. The zero-order valence-electron chi connectivity index (χ0n) is 16.0. The number of furan rings is 1. The number of piperidine rings is 1. The first-order valence-electron chi connectivity index (χ1n) is 9.47. The number of nitrogens with zero attached hydrogens (tertiary/aromatic N) is 4. The second kappa shape index (κ2) is 7.28. The van der Waals surface area contributed by atoms with Crippen LogP contribution in [0.15, 0.2) is 16.5 Å². The van der Waals surface area contributed by atoms with Gasteiger partial charge < -0.3 is 19.8 Å². The molecule has 1 saturated heterocycles. The van der Waals surface area contributed by atoms with Crippen molar-refractivity contribution in [1.82, 2.24) is 25.1 Å². The topological polar surface area (TPSA) is 106 Å². The molecule has 8 nitrogen and oxygen atoms in total. The molecular weight excluding hydrogens is 344 g/mol. The number of H-pyrrole nitrogens is 1. The van der Waals surface area contributed by atoms with E-state index in [1.54, 1.807) is 0 Å². The minimum absolute atomic E-state index is 0.136. The number of rotatable bonds is 5. The predicted octanol–water partition coefficient (Wildman–Crippen LogP) is 2.63. The molecule has 0 bridgehead atoms. The van der Waals surface area contributed by atoms with Crippen LogP contribution in [0.2, 0.25) is 0 Å². The van der Waals surface area contributed by atoms with Gasteiger partial charge in [0.05, 0.1) is 6.54 Å². The molecule has 0 atom stereocenters. The Bertz CT molecular complexity index is 924. The molecule has 1 aliphatic rings. The van der Waals surface area contributed by atoms with E-state index in [4.69, 9.17) is 14.9 Å². The molecule has 3 N–H and O–H groups in total. The Morgan fingerprint density at radius 2 is 2.07 bits per heavy atom. The summed E-state index contributed by atoms with van der Waals surface area (Å²) in [6.45, 7) is 8.82. The third kappa shape index (κ3) is 3.54. The average molecular weight is 370 g/mol. The van der Waals surface area contributed by atoms with Crippen molar-refractivity contribution in [3.05, 3.63) is 23.6 Å². The Morgan fingerprint density at radius 3 is 2.74 bits per heavy atom. The van der Waals surface area contributed by atoms with Gasteiger partial charge in [0.1, 0.15) is 17.3 Å². The molecule has 4 rings (SSSR count). The second-order valence-corrected chi connectivity index (χ2v) is 7.32. The van der Waals surface area contributed by atoms with E-state index in [1.807, 2.05) is 19.1 Å². The maximum Gasteiger partial charge on any atom is 0.229 e. The monoisotopic (exact) mass is 370 g/mol. The molecule has 27 heavy (non-hydrogen) atoms. The lowest BCUT2D eigenvalue weighted by Crippen LogP contribution is -2.41. The van der Waals surface area contributed by atoms with Crippen LogP contribution in [0.3, 0.4) is 0 Å². The van der Waals surface area contributed by atoms with Gasteiger partial charge in [0.15, 0.2) is 11.4 Å². The Hall–Kier alpha value is -2.45. The van der Waals surface area contributed by atoms with Gasteiger partial charge in [0, 0.05) is 24.8 Å². The molecule has 3 aromatic heterocycles. The van der Waals surface area contributed by atoms with Crippen molar-refractivity contribution in [1.29, 1.82) is 0 Å². The number of hydrogen-bond donors (Lipinski definition) is 2. The largest absolute Gasteiger partial charge is 0.474 e. The second-order valence-electron chi connectivity index (χ2n) is 7.32. The summed E-state index contributed by atoms with van der Waals surface area (Å²) in [6.07, 6.45) is 2.10. The van der Waals surface area contributed by atoms with Crippen LogP contribution in [0.4, 0.5) is 0 Å². The van der Waals surface area contributed by atoms with Crippen LogP contribution in [-0.2, 0) is 6.54 Å². The normalized spacial score (nSPS) is 16.5. The number of aryl methyl sites for hydroxylation is 1. The van der Waals surface area contributed by atoms with Crippen molar-refractivity contribution in [2.24, 2.45) is 5.73 Å². The summed E-state index contributed by atoms with van der Waals surface area (Å²) in [5, 5.41) is 8.10. The fourth-order valence-electron chi connectivity index (χ4n) is 3.50. The van der Waals surface area contributed by atoms with Crippen molar-refractivity contribution in [3.8, 4) is 17.5 Å². The first-order valence-corrected chi connectivity index (χ1v) is 9.47. The molecule has 0 amide bonds. The summed E-state index contributed by atoms with van der Waals surface area (Å²) >= 11 is 0. The van der Waals surface area contributed by atoms with Gasteiger partial charge in [-0.3, -0.25) is 5.10 Å². The smallest absolute Gasteiger partial charge is 0.229 e. The van der Waals surface area contributed by atoms with Crippen LogP contribution in [0.1, 0.15) is 38.1 Å². The zero-order valence-corrected chi connectivity index (χ0v) is 16.0. The summed E-state index contributed by atoms with van der Waals surface area (Å²) < 4.78 is 12.0. The SMILES string of the molecule is Cc1[nH]nc2nc(-c3ccc(CN)o3)nc(OC3CCN(C(C)C)CC3)c12. The molecule has 0 spiro atoms. The average Bonchev–Trinajstić information content (AvgIpc) is 3.29. The van der Waals surface area contributed by atoms with Gasteiger partial charge in [-0.05, 0) is 45.7 Å². The summed E-state index contributed by atoms with van der Waals surface area (Å²) in [7, 11) is 0. The van der Waals surface area contributed by atoms with Gasteiger partial charge in [0.2, 0.25) is 11.7 Å². The zero-order chi connectivity index (χ0) is 19.0. The highest BCUT2D eigenvalue weighted by molar-refractivity contribution is 5.84. The number of fused-ring (bicyclic) bond motifs is 1. The van der Waals surface area contributed by atoms with E-state index in [-0.39, 0.29) is 6.10 Å². The van der Waals surface area contributed by atoms with Gasteiger partial charge in [-0.1, -0.05) is 0 Å². The van der Waals surface area contributed by atoms with Crippen molar-refractivity contribution in [3.63, 3.8) is 0 Å². The summed E-state index contributed by atoms with van der Waals surface area (Å²) in [4.78, 5) is 11.7. The lowest BCUT2D eigenvalue weighted by atomic mass is 10.1. The van der Waals surface area contributed by atoms with Crippen LogP contribution in [0.5, 0.6) is 5.88 Å². The number of ether oxygens (including phenoxy) is 1. The summed E-state index contributed by atoms with van der Waals surface area (Å²) in [5.74, 6) is 2.28. The van der Waals surface area contributed by atoms with E-state index in [1.165, 1.54) is 0 Å².